The largest absolute Gasteiger partial charge is 0.459 e. The van der Waals surface area contributed by atoms with E-state index in [0.29, 0.717) is 12.2 Å². The summed E-state index contributed by atoms with van der Waals surface area (Å²) < 4.78 is 5.48. The summed E-state index contributed by atoms with van der Waals surface area (Å²) in [6.45, 7) is 7.02. The molecule has 112 valence electrons. The van der Waals surface area contributed by atoms with Crippen LogP contribution < -0.4 is 0 Å². The Morgan fingerprint density at radius 2 is 2.33 bits per heavy atom. The molecule has 0 bridgehead atoms. The maximum Gasteiger partial charge on any atom is 0.323 e. The van der Waals surface area contributed by atoms with Gasteiger partial charge in [-0.2, -0.15) is 5.26 Å². The molecule has 0 radical (unpaired) electrons. The van der Waals surface area contributed by atoms with Gasteiger partial charge < -0.3 is 4.74 Å². The fourth-order valence-corrected chi connectivity index (χ4v) is 2.54. The summed E-state index contributed by atoms with van der Waals surface area (Å²) in [4.78, 5) is 18.4. The number of rotatable bonds is 3. The highest BCUT2D eigenvalue weighted by molar-refractivity contribution is 5.76. The number of aromatic nitrogens is 1. The number of carbonyl (C=O) groups excluding carboxylic acids is 1. The van der Waals surface area contributed by atoms with Gasteiger partial charge in [-0.3, -0.25) is 9.69 Å². The quantitative estimate of drug-likeness (QED) is 0.798. The lowest BCUT2D eigenvalue weighted by atomic mass is 10.1. The van der Waals surface area contributed by atoms with Crippen LogP contribution >= 0.6 is 0 Å². The van der Waals surface area contributed by atoms with Gasteiger partial charge in [-0.25, -0.2) is 4.98 Å². The highest BCUT2D eigenvalue weighted by Gasteiger charge is 2.34. The molecule has 0 saturated carbocycles. The van der Waals surface area contributed by atoms with Crippen molar-refractivity contribution >= 4 is 5.97 Å². The van der Waals surface area contributed by atoms with E-state index in [1.165, 1.54) is 0 Å². The molecule has 1 aromatic rings. The third-order valence-corrected chi connectivity index (χ3v) is 3.41. The number of hydrogen-bond donors (Lipinski definition) is 0. The SMILES string of the molecule is CC(C)(C)OC(=O)[C@@H]1CCCN1Cc1cccnc1C#N. The first kappa shape index (κ1) is 15.5. The van der Waals surface area contributed by atoms with Crippen molar-refractivity contribution in [2.75, 3.05) is 6.54 Å². The summed E-state index contributed by atoms with van der Waals surface area (Å²) in [6.07, 6.45) is 3.38. The minimum Gasteiger partial charge on any atom is -0.459 e. The van der Waals surface area contributed by atoms with Crippen molar-refractivity contribution in [3.05, 3.63) is 29.6 Å². The van der Waals surface area contributed by atoms with Gasteiger partial charge in [-0.15, -0.1) is 0 Å². The predicted octanol–water partition coefficient (Wildman–Crippen LogP) is 2.26. The zero-order valence-corrected chi connectivity index (χ0v) is 12.8. The molecule has 1 atom stereocenters. The second kappa shape index (κ2) is 6.23. The van der Waals surface area contributed by atoms with Crippen LogP contribution in [-0.4, -0.2) is 34.0 Å². The van der Waals surface area contributed by atoms with Gasteiger partial charge in [0.15, 0.2) is 0 Å². The van der Waals surface area contributed by atoms with Crippen LogP contribution in [0.5, 0.6) is 0 Å². The van der Waals surface area contributed by atoms with Crippen LogP contribution in [0.4, 0.5) is 0 Å². The molecule has 0 N–H and O–H groups in total. The van der Waals surface area contributed by atoms with E-state index in [1.807, 2.05) is 32.9 Å². The van der Waals surface area contributed by atoms with Gasteiger partial charge in [0.1, 0.15) is 23.4 Å². The monoisotopic (exact) mass is 287 g/mol. The average Bonchev–Trinajstić information content (AvgIpc) is 2.85. The van der Waals surface area contributed by atoms with Gasteiger partial charge in [0, 0.05) is 18.3 Å². The Morgan fingerprint density at radius 1 is 1.57 bits per heavy atom. The molecule has 1 fully saturated rings. The Kier molecular flexibility index (Phi) is 4.59. The molecular formula is C16H21N3O2. The molecule has 2 rings (SSSR count). The average molecular weight is 287 g/mol. The second-order valence-corrected chi connectivity index (χ2v) is 6.28. The Morgan fingerprint density at radius 3 is 3.00 bits per heavy atom. The van der Waals surface area contributed by atoms with E-state index >= 15 is 0 Å². The lowest BCUT2D eigenvalue weighted by Gasteiger charge is -2.27. The number of hydrogen-bond acceptors (Lipinski definition) is 5. The number of nitrogens with zero attached hydrogens (tertiary/aromatic N) is 3. The maximum atomic E-state index is 12.3. The third-order valence-electron chi connectivity index (χ3n) is 3.41. The topological polar surface area (TPSA) is 66.2 Å². The van der Waals surface area contributed by atoms with Gasteiger partial charge in [-0.1, -0.05) is 6.07 Å². The number of carbonyl (C=O) groups is 1. The maximum absolute atomic E-state index is 12.3. The van der Waals surface area contributed by atoms with Gasteiger partial charge in [0.25, 0.3) is 0 Å². The highest BCUT2D eigenvalue weighted by Crippen LogP contribution is 2.23. The lowest BCUT2D eigenvalue weighted by Crippen LogP contribution is -2.40. The molecule has 5 nitrogen and oxygen atoms in total. The summed E-state index contributed by atoms with van der Waals surface area (Å²) >= 11 is 0. The van der Waals surface area contributed by atoms with Crippen molar-refractivity contribution in [2.24, 2.45) is 0 Å². The number of esters is 1. The van der Waals surface area contributed by atoms with E-state index in [9.17, 15) is 4.79 Å². The van der Waals surface area contributed by atoms with Crippen molar-refractivity contribution in [1.29, 1.82) is 5.26 Å². The Hall–Kier alpha value is -1.93. The summed E-state index contributed by atoms with van der Waals surface area (Å²) in [7, 11) is 0. The first-order valence-corrected chi connectivity index (χ1v) is 7.21. The van der Waals surface area contributed by atoms with Crippen molar-refractivity contribution in [1.82, 2.24) is 9.88 Å². The summed E-state index contributed by atoms with van der Waals surface area (Å²) in [5.74, 6) is -0.178. The van der Waals surface area contributed by atoms with Crippen LogP contribution in [-0.2, 0) is 16.1 Å². The minimum absolute atomic E-state index is 0.178. The van der Waals surface area contributed by atoms with E-state index in [4.69, 9.17) is 10.00 Å². The van der Waals surface area contributed by atoms with E-state index in [0.717, 1.165) is 24.9 Å². The lowest BCUT2D eigenvalue weighted by molar-refractivity contribution is -0.160. The molecule has 2 heterocycles. The van der Waals surface area contributed by atoms with E-state index < -0.39 is 5.60 Å². The van der Waals surface area contributed by atoms with Crippen LogP contribution in [0.2, 0.25) is 0 Å². The molecule has 1 saturated heterocycles. The fraction of sp³-hybridized carbons (Fsp3) is 0.562. The Bertz CT molecular complexity index is 557. The third kappa shape index (κ3) is 4.02. The predicted molar refractivity (Wildman–Crippen MR) is 78.2 cm³/mol. The van der Waals surface area contributed by atoms with Crippen molar-refractivity contribution in [2.45, 2.75) is 51.8 Å². The second-order valence-electron chi connectivity index (χ2n) is 6.28. The van der Waals surface area contributed by atoms with Gasteiger partial charge in [0.05, 0.1) is 0 Å². The van der Waals surface area contributed by atoms with Crippen LogP contribution in [0, 0.1) is 11.3 Å². The molecule has 0 amide bonds. The Labute approximate surface area is 125 Å². The van der Waals surface area contributed by atoms with Crippen molar-refractivity contribution in [3.8, 4) is 6.07 Å². The molecule has 0 aromatic carbocycles. The standard InChI is InChI=1S/C16H21N3O2/c1-16(2,3)21-15(20)14-7-5-9-19(14)11-12-6-4-8-18-13(12)10-17/h4,6,8,14H,5,7,9,11H2,1-3H3/t14-/m0/s1. The highest BCUT2D eigenvalue weighted by atomic mass is 16.6. The molecule has 1 aromatic heterocycles. The van der Waals surface area contributed by atoms with E-state index in [2.05, 4.69) is 16.0 Å². The van der Waals surface area contributed by atoms with E-state index in [1.54, 1.807) is 6.20 Å². The van der Waals surface area contributed by atoms with Crippen LogP contribution in [0.3, 0.4) is 0 Å². The van der Waals surface area contributed by atoms with E-state index in [-0.39, 0.29) is 12.0 Å². The first-order chi connectivity index (χ1) is 9.90. The zero-order chi connectivity index (χ0) is 15.5. The molecule has 0 aliphatic carbocycles. The number of likely N-dealkylation sites (tertiary alicyclic amines) is 1. The van der Waals surface area contributed by atoms with Crippen molar-refractivity contribution < 1.29 is 9.53 Å². The van der Waals surface area contributed by atoms with Gasteiger partial charge in [-0.05, 0) is 46.2 Å². The summed E-state index contributed by atoms with van der Waals surface area (Å²) in [5.41, 5.74) is 0.806. The molecule has 1 aliphatic heterocycles. The smallest absolute Gasteiger partial charge is 0.323 e. The molecule has 5 heteroatoms. The number of ether oxygens (including phenoxy) is 1. The normalized spacial score (nSPS) is 19.2. The molecule has 21 heavy (non-hydrogen) atoms. The van der Waals surface area contributed by atoms with Crippen LogP contribution in [0.25, 0.3) is 0 Å². The Balaban J connectivity index is 2.09. The number of pyridine rings is 1. The first-order valence-electron chi connectivity index (χ1n) is 7.21. The van der Waals surface area contributed by atoms with Gasteiger partial charge in [0.2, 0.25) is 0 Å². The molecule has 1 aliphatic rings. The molecule has 0 unspecified atom stereocenters. The molecular weight excluding hydrogens is 266 g/mol. The van der Waals surface area contributed by atoms with Gasteiger partial charge >= 0.3 is 5.97 Å². The summed E-state index contributed by atoms with van der Waals surface area (Å²) in [6, 6.07) is 5.57. The fourth-order valence-electron chi connectivity index (χ4n) is 2.54. The molecule has 0 spiro atoms. The summed E-state index contributed by atoms with van der Waals surface area (Å²) in [5, 5.41) is 9.10. The van der Waals surface area contributed by atoms with Crippen LogP contribution in [0.15, 0.2) is 18.3 Å². The minimum atomic E-state index is -0.475. The number of nitriles is 1. The van der Waals surface area contributed by atoms with Crippen LogP contribution in [0.1, 0.15) is 44.9 Å². The van der Waals surface area contributed by atoms with Crippen molar-refractivity contribution in [3.63, 3.8) is 0 Å². The zero-order valence-electron chi connectivity index (χ0n) is 12.8.